The van der Waals surface area contributed by atoms with Gasteiger partial charge in [0.25, 0.3) is 0 Å². The predicted octanol–water partition coefficient (Wildman–Crippen LogP) is 4.27. The lowest BCUT2D eigenvalue weighted by molar-refractivity contribution is 0.502. The average molecular weight is 361 g/mol. The van der Waals surface area contributed by atoms with E-state index in [9.17, 15) is 8.78 Å². The van der Waals surface area contributed by atoms with E-state index in [1.54, 1.807) is 6.21 Å². The standard InChI is InChI=1S/C17H11ClF2N4O/c18-16-11-8-21-7-10(11)2-4-14(16)22-17-24-23-15(25-17)6-9-1-3-12(19)13(20)5-9/h1-5,8H,6-7H2,(H,22,24). The van der Waals surface area contributed by atoms with Gasteiger partial charge in [-0.2, -0.15) is 0 Å². The summed E-state index contributed by atoms with van der Waals surface area (Å²) in [5, 5.41) is 11.3. The Morgan fingerprint density at radius 2 is 2.00 bits per heavy atom. The molecular weight excluding hydrogens is 350 g/mol. The van der Waals surface area contributed by atoms with Crippen molar-refractivity contribution in [1.29, 1.82) is 0 Å². The number of hydrogen-bond acceptors (Lipinski definition) is 5. The Balaban J connectivity index is 1.52. The van der Waals surface area contributed by atoms with Gasteiger partial charge in [-0.1, -0.05) is 28.8 Å². The lowest BCUT2D eigenvalue weighted by Gasteiger charge is -2.07. The van der Waals surface area contributed by atoms with Gasteiger partial charge in [0.1, 0.15) is 0 Å². The van der Waals surface area contributed by atoms with Gasteiger partial charge in [0.05, 0.1) is 23.7 Å². The molecule has 0 fully saturated rings. The highest BCUT2D eigenvalue weighted by molar-refractivity contribution is 6.36. The van der Waals surface area contributed by atoms with E-state index >= 15 is 0 Å². The fourth-order valence-corrected chi connectivity index (χ4v) is 2.84. The first-order chi connectivity index (χ1) is 12.1. The van der Waals surface area contributed by atoms with Gasteiger partial charge in [0.15, 0.2) is 11.6 Å². The predicted molar refractivity (Wildman–Crippen MR) is 89.5 cm³/mol. The van der Waals surface area contributed by atoms with Crippen LogP contribution in [0.4, 0.5) is 20.5 Å². The fraction of sp³-hybridized carbons (Fsp3) is 0.118. The van der Waals surface area contributed by atoms with Crippen molar-refractivity contribution in [3.63, 3.8) is 0 Å². The molecule has 1 aromatic heterocycles. The number of benzene rings is 2. The molecule has 1 N–H and O–H groups in total. The fourth-order valence-electron chi connectivity index (χ4n) is 2.56. The average Bonchev–Trinajstić information content (AvgIpc) is 3.23. The van der Waals surface area contributed by atoms with Gasteiger partial charge >= 0.3 is 6.01 Å². The Morgan fingerprint density at radius 3 is 2.84 bits per heavy atom. The van der Waals surface area contributed by atoms with E-state index in [4.69, 9.17) is 16.0 Å². The normalized spacial score (nSPS) is 12.4. The van der Waals surface area contributed by atoms with E-state index in [1.165, 1.54) is 6.07 Å². The molecule has 0 unspecified atom stereocenters. The maximum absolute atomic E-state index is 13.2. The summed E-state index contributed by atoms with van der Waals surface area (Å²) < 4.78 is 31.7. The first kappa shape index (κ1) is 15.7. The summed E-state index contributed by atoms with van der Waals surface area (Å²) in [6.07, 6.45) is 1.92. The van der Waals surface area contributed by atoms with E-state index in [-0.39, 0.29) is 18.3 Å². The van der Waals surface area contributed by atoms with Gasteiger partial charge in [0.2, 0.25) is 5.89 Å². The van der Waals surface area contributed by atoms with Crippen molar-refractivity contribution >= 4 is 29.5 Å². The number of anilines is 2. The van der Waals surface area contributed by atoms with Gasteiger partial charge in [-0.3, -0.25) is 4.99 Å². The van der Waals surface area contributed by atoms with E-state index in [0.29, 0.717) is 22.8 Å². The number of aromatic nitrogens is 2. The molecule has 0 saturated carbocycles. The van der Waals surface area contributed by atoms with Crippen LogP contribution in [0.1, 0.15) is 22.6 Å². The molecule has 2 aromatic carbocycles. The largest absolute Gasteiger partial charge is 0.408 e. The molecule has 2 heterocycles. The van der Waals surface area contributed by atoms with Crippen molar-refractivity contribution in [2.24, 2.45) is 4.99 Å². The van der Waals surface area contributed by atoms with Crippen LogP contribution in [0.15, 0.2) is 39.7 Å². The smallest absolute Gasteiger partial charge is 0.320 e. The number of rotatable bonds is 4. The maximum Gasteiger partial charge on any atom is 0.320 e. The van der Waals surface area contributed by atoms with Crippen molar-refractivity contribution in [3.05, 3.63) is 69.6 Å². The lowest BCUT2D eigenvalue weighted by Crippen LogP contribution is -1.95. The summed E-state index contributed by atoms with van der Waals surface area (Å²) >= 11 is 6.35. The van der Waals surface area contributed by atoms with Crippen LogP contribution in [-0.4, -0.2) is 16.4 Å². The zero-order chi connectivity index (χ0) is 17.4. The van der Waals surface area contributed by atoms with E-state index in [2.05, 4.69) is 20.5 Å². The second-order valence-electron chi connectivity index (χ2n) is 5.52. The van der Waals surface area contributed by atoms with Gasteiger partial charge in [0, 0.05) is 11.8 Å². The minimum atomic E-state index is -0.915. The van der Waals surface area contributed by atoms with E-state index in [0.717, 1.165) is 23.3 Å². The van der Waals surface area contributed by atoms with Crippen LogP contribution in [-0.2, 0) is 13.0 Å². The van der Waals surface area contributed by atoms with Gasteiger partial charge in [-0.05, 0) is 29.3 Å². The highest BCUT2D eigenvalue weighted by atomic mass is 35.5. The van der Waals surface area contributed by atoms with Crippen LogP contribution < -0.4 is 5.32 Å². The van der Waals surface area contributed by atoms with Crippen molar-refractivity contribution in [2.45, 2.75) is 13.0 Å². The molecular formula is C17H11ClF2N4O. The van der Waals surface area contributed by atoms with Crippen LogP contribution in [0.3, 0.4) is 0 Å². The molecule has 0 atom stereocenters. The molecule has 1 aliphatic heterocycles. The van der Waals surface area contributed by atoms with Crippen LogP contribution in [0.25, 0.3) is 0 Å². The third kappa shape index (κ3) is 3.10. The number of aliphatic imine (C=N–C) groups is 1. The quantitative estimate of drug-likeness (QED) is 0.754. The number of nitrogens with zero attached hydrogens (tertiary/aromatic N) is 3. The molecule has 0 bridgehead atoms. The highest BCUT2D eigenvalue weighted by Gasteiger charge is 2.15. The first-order valence-corrected chi connectivity index (χ1v) is 7.82. The van der Waals surface area contributed by atoms with Crippen molar-refractivity contribution in [2.75, 3.05) is 5.32 Å². The number of hydrogen-bond donors (Lipinski definition) is 1. The minimum Gasteiger partial charge on any atom is -0.408 e. The van der Waals surface area contributed by atoms with Crippen LogP contribution in [0.2, 0.25) is 5.02 Å². The number of halogens is 3. The molecule has 126 valence electrons. The summed E-state index contributed by atoms with van der Waals surface area (Å²) in [6.45, 7) is 0.619. The Labute approximate surface area is 146 Å². The third-order valence-corrected chi connectivity index (χ3v) is 4.21. The summed E-state index contributed by atoms with van der Waals surface area (Å²) in [4.78, 5) is 4.18. The number of nitrogens with one attached hydrogen (secondary N) is 1. The Kier molecular flexibility index (Phi) is 3.93. The molecule has 0 spiro atoms. The molecule has 0 saturated heterocycles. The molecule has 8 heteroatoms. The van der Waals surface area contributed by atoms with Gasteiger partial charge in [-0.15, -0.1) is 5.10 Å². The Hall–Kier alpha value is -2.80. The van der Waals surface area contributed by atoms with Crippen molar-refractivity contribution in [3.8, 4) is 0 Å². The van der Waals surface area contributed by atoms with Gasteiger partial charge in [-0.25, -0.2) is 8.78 Å². The van der Waals surface area contributed by atoms with E-state index in [1.807, 2.05) is 12.1 Å². The van der Waals surface area contributed by atoms with Crippen molar-refractivity contribution < 1.29 is 13.2 Å². The molecule has 0 amide bonds. The minimum absolute atomic E-state index is 0.161. The molecule has 25 heavy (non-hydrogen) atoms. The zero-order valence-corrected chi connectivity index (χ0v) is 13.5. The SMILES string of the molecule is Fc1ccc(Cc2nnc(Nc3ccc4c(c3Cl)C=NC4)o2)cc1F. The van der Waals surface area contributed by atoms with Crippen molar-refractivity contribution in [1.82, 2.24) is 10.2 Å². The molecule has 0 radical (unpaired) electrons. The van der Waals surface area contributed by atoms with Gasteiger partial charge < -0.3 is 9.73 Å². The summed E-state index contributed by atoms with van der Waals surface area (Å²) in [7, 11) is 0. The second kappa shape index (κ2) is 6.25. The summed E-state index contributed by atoms with van der Waals surface area (Å²) in [5.41, 5.74) is 3.07. The molecule has 5 nitrogen and oxygen atoms in total. The third-order valence-electron chi connectivity index (χ3n) is 3.80. The highest BCUT2D eigenvalue weighted by Crippen LogP contribution is 2.32. The maximum atomic E-state index is 13.2. The molecule has 0 aliphatic carbocycles. The van der Waals surface area contributed by atoms with Crippen LogP contribution in [0.5, 0.6) is 0 Å². The van der Waals surface area contributed by atoms with E-state index < -0.39 is 11.6 Å². The van der Waals surface area contributed by atoms with Crippen LogP contribution in [0, 0.1) is 11.6 Å². The zero-order valence-electron chi connectivity index (χ0n) is 12.8. The summed E-state index contributed by atoms with van der Waals surface area (Å²) in [6, 6.07) is 7.53. The van der Waals surface area contributed by atoms with Crippen LogP contribution >= 0.6 is 11.6 Å². The number of fused-ring (bicyclic) bond motifs is 1. The molecule has 1 aliphatic rings. The first-order valence-electron chi connectivity index (χ1n) is 7.44. The Bertz CT molecular complexity index is 987. The topological polar surface area (TPSA) is 63.3 Å². The summed E-state index contributed by atoms with van der Waals surface area (Å²) in [5.74, 6) is -1.54. The Morgan fingerprint density at radius 1 is 1.12 bits per heavy atom. The monoisotopic (exact) mass is 360 g/mol. The second-order valence-corrected chi connectivity index (χ2v) is 5.90. The molecule has 3 aromatic rings. The lowest BCUT2D eigenvalue weighted by atomic mass is 10.1. The molecule has 4 rings (SSSR count).